The molecule has 0 bridgehead atoms. The lowest BCUT2D eigenvalue weighted by molar-refractivity contribution is 0.110. The van der Waals surface area contributed by atoms with Crippen LogP contribution in [0.5, 0.6) is 0 Å². The first-order chi connectivity index (χ1) is 8.02. The van der Waals surface area contributed by atoms with E-state index in [-0.39, 0.29) is 30.2 Å². The molecule has 5 nitrogen and oxygen atoms in total. The molecule has 6 heteroatoms. The third-order valence-corrected chi connectivity index (χ3v) is 5.66. The molecule has 2 saturated heterocycles. The number of hydrogen-bond donors (Lipinski definition) is 2. The molecule has 2 rings (SSSR count). The van der Waals surface area contributed by atoms with Gasteiger partial charge in [-0.3, -0.25) is 4.90 Å². The van der Waals surface area contributed by atoms with Crippen LogP contribution in [0.3, 0.4) is 0 Å². The van der Waals surface area contributed by atoms with Crippen molar-refractivity contribution in [2.75, 3.05) is 31.2 Å². The van der Waals surface area contributed by atoms with Crippen molar-refractivity contribution >= 4 is 9.84 Å². The second kappa shape index (κ2) is 5.22. The normalized spacial score (nSPS) is 38.4. The maximum atomic E-state index is 11.6. The van der Waals surface area contributed by atoms with E-state index < -0.39 is 9.84 Å². The second-order valence-electron chi connectivity index (χ2n) is 5.32. The summed E-state index contributed by atoms with van der Waals surface area (Å²) in [5.74, 6) is 0.822. The highest BCUT2D eigenvalue weighted by atomic mass is 32.2. The standard InChI is InChI=1S/C11H22N2O3S/c12-10-7-17(15,16)8-11(10)13-4-1-2-9(6-13)3-5-14/h9-11,14H,1-8,12H2. The van der Waals surface area contributed by atoms with Gasteiger partial charge >= 0.3 is 0 Å². The van der Waals surface area contributed by atoms with Gasteiger partial charge in [-0.1, -0.05) is 0 Å². The van der Waals surface area contributed by atoms with Gasteiger partial charge in [-0.25, -0.2) is 8.42 Å². The summed E-state index contributed by atoms with van der Waals surface area (Å²) in [6.07, 6.45) is 3.02. The van der Waals surface area contributed by atoms with Crippen molar-refractivity contribution in [1.82, 2.24) is 4.90 Å². The summed E-state index contributed by atoms with van der Waals surface area (Å²) in [6.45, 7) is 2.04. The Labute approximate surface area is 103 Å². The molecule has 3 atom stereocenters. The molecule has 2 fully saturated rings. The molecule has 2 heterocycles. The first-order valence-electron chi connectivity index (χ1n) is 6.33. The van der Waals surface area contributed by atoms with Crippen LogP contribution in [-0.2, 0) is 9.84 Å². The predicted molar refractivity (Wildman–Crippen MR) is 66.4 cm³/mol. The van der Waals surface area contributed by atoms with Crippen LogP contribution in [0.15, 0.2) is 0 Å². The Kier molecular flexibility index (Phi) is 4.07. The molecule has 0 radical (unpaired) electrons. The number of likely N-dealkylation sites (tertiary alicyclic amines) is 1. The SMILES string of the molecule is NC1CS(=O)(=O)CC1N1CCCC(CCO)C1. The fourth-order valence-electron chi connectivity index (χ4n) is 3.05. The van der Waals surface area contributed by atoms with Gasteiger partial charge in [0.15, 0.2) is 9.84 Å². The molecular weight excluding hydrogens is 240 g/mol. The van der Waals surface area contributed by atoms with Crippen molar-refractivity contribution in [2.45, 2.75) is 31.3 Å². The van der Waals surface area contributed by atoms with Crippen LogP contribution in [0.1, 0.15) is 19.3 Å². The number of piperidine rings is 1. The van der Waals surface area contributed by atoms with Gasteiger partial charge in [-0.05, 0) is 31.7 Å². The number of hydrogen-bond acceptors (Lipinski definition) is 5. The van der Waals surface area contributed by atoms with Crippen LogP contribution in [-0.4, -0.2) is 61.7 Å². The molecule has 100 valence electrons. The van der Waals surface area contributed by atoms with Crippen LogP contribution in [0.4, 0.5) is 0 Å². The molecule has 0 saturated carbocycles. The average Bonchev–Trinajstić information content (AvgIpc) is 2.53. The third-order valence-electron chi connectivity index (χ3n) is 3.92. The van der Waals surface area contributed by atoms with Gasteiger partial charge in [0.05, 0.1) is 11.5 Å². The van der Waals surface area contributed by atoms with Gasteiger partial charge in [-0.2, -0.15) is 0 Å². The molecule has 3 N–H and O–H groups in total. The Morgan fingerprint density at radius 2 is 2.12 bits per heavy atom. The van der Waals surface area contributed by atoms with Gasteiger partial charge in [0.2, 0.25) is 0 Å². The Hall–Kier alpha value is -0.170. The van der Waals surface area contributed by atoms with Gasteiger partial charge in [0, 0.05) is 25.2 Å². The maximum Gasteiger partial charge on any atom is 0.153 e. The molecule has 0 aromatic rings. The van der Waals surface area contributed by atoms with E-state index in [0.29, 0.717) is 5.92 Å². The zero-order chi connectivity index (χ0) is 12.5. The molecular formula is C11H22N2O3S. The fraction of sp³-hybridized carbons (Fsp3) is 1.00. The van der Waals surface area contributed by atoms with Crippen LogP contribution >= 0.6 is 0 Å². The third kappa shape index (κ3) is 3.19. The predicted octanol–water partition coefficient (Wildman–Crippen LogP) is -0.795. The van der Waals surface area contributed by atoms with Crippen LogP contribution < -0.4 is 5.73 Å². The van der Waals surface area contributed by atoms with Gasteiger partial charge in [0.1, 0.15) is 0 Å². The van der Waals surface area contributed by atoms with E-state index in [0.717, 1.165) is 32.4 Å². The highest BCUT2D eigenvalue weighted by Crippen LogP contribution is 2.25. The highest BCUT2D eigenvalue weighted by molar-refractivity contribution is 7.91. The Morgan fingerprint density at radius 3 is 2.71 bits per heavy atom. The molecule has 0 aromatic heterocycles. The lowest BCUT2D eigenvalue weighted by atomic mass is 9.93. The van der Waals surface area contributed by atoms with Crippen molar-refractivity contribution in [2.24, 2.45) is 11.7 Å². The van der Waals surface area contributed by atoms with Gasteiger partial charge in [0.25, 0.3) is 0 Å². The molecule has 0 aliphatic carbocycles. The molecule has 2 aliphatic heterocycles. The van der Waals surface area contributed by atoms with Crippen molar-refractivity contribution in [3.63, 3.8) is 0 Å². The number of nitrogens with zero attached hydrogens (tertiary/aromatic N) is 1. The van der Waals surface area contributed by atoms with E-state index in [1.807, 2.05) is 0 Å². The quantitative estimate of drug-likeness (QED) is 0.696. The number of sulfone groups is 1. The summed E-state index contributed by atoms with van der Waals surface area (Å²) in [7, 11) is -2.94. The Bertz CT molecular complexity index is 356. The summed E-state index contributed by atoms with van der Waals surface area (Å²) in [4.78, 5) is 2.22. The van der Waals surface area contributed by atoms with Gasteiger partial charge < -0.3 is 10.8 Å². The van der Waals surface area contributed by atoms with Crippen molar-refractivity contribution in [1.29, 1.82) is 0 Å². The largest absolute Gasteiger partial charge is 0.396 e. The summed E-state index contributed by atoms with van der Waals surface area (Å²) >= 11 is 0. The molecule has 17 heavy (non-hydrogen) atoms. The van der Waals surface area contributed by atoms with E-state index >= 15 is 0 Å². The molecule has 3 unspecified atom stereocenters. The monoisotopic (exact) mass is 262 g/mol. The van der Waals surface area contributed by atoms with Crippen LogP contribution in [0.25, 0.3) is 0 Å². The van der Waals surface area contributed by atoms with Crippen LogP contribution in [0, 0.1) is 5.92 Å². The topological polar surface area (TPSA) is 83.6 Å². The first-order valence-corrected chi connectivity index (χ1v) is 8.15. The average molecular weight is 262 g/mol. The maximum absolute atomic E-state index is 11.6. The number of rotatable bonds is 3. The molecule has 0 amide bonds. The smallest absolute Gasteiger partial charge is 0.153 e. The molecule has 0 aromatic carbocycles. The summed E-state index contributed by atoms with van der Waals surface area (Å²) in [6, 6.07) is -0.255. The van der Waals surface area contributed by atoms with Crippen molar-refractivity contribution < 1.29 is 13.5 Å². The first kappa shape index (κ1) is 13.3. The number of aliphatic hydroxyl groups excluding tert-OH is 1. The van der Waals surface area contributed by atoms with Crippen molar-refractivity contribution in [3.05, 3.63) is 0 Å². The lowest BCUT2D eigenvalue weighted by Crippen LogP contribution is -2.50. The minimum atomic E-state index is -2.94. The molecule has 2 aliphatic rings. The zero-order valence-corrected chi connectivity index (χ0v) is 10.9. The van der Waals surface area contributed by atoms with E-state index in [1.54, 1.807) is 0 Å². The second-order valence-corrected chi connectivity index (χ2v) is 7.48. The zero-order valence-electron chi connectivity index (χ0n) is 10.1. The number of aliphatic hydroxyl groups is 1. The minimum absolute atomic E-state index is 0.0125. The van der Waals surface area contributed by atoms with E-state index in [2.05, 4.69) is 4.90 Å². The number of nitrogens with two attached hydrogens (primary N) is 1. The lowest BCUT2D eigenvalue weighted by Gasteiger charge is -2.37. The van der Waals surface area contributed by atoms with E-state index in [1.165, 1.54) is 0 Å². The fourth-order valence-corrected chi connectivity index (χ4v) is 4.97. The van der Waals surface area contributed by atoms with Crippen molar-refractivity contribution in [3.8, 4) is 0 Å². The summed E-state index contributed by atoms with van der Waals surface area (Å²) < 4.78 is 23.1. The summed E-state index contributed by atoms with van der Waals surface area (Å²) in [5.41, 5.74) is 5.93. The summed E-state index contributed by atoms with van der Waals surface area (Å²) in [5, 5.41) is 8.97. The van der Waals surface area contributed by atoms with Gasteiger partial charge in [-0.15, -0.1) is 0 Å². The van der Waals surface area contributed by atoms with E-state index in [9.17, 15) is 8.42 Å². The Morgan fingerprint density at radius 1 is 1.35 bits per heavy atom. The van der Waals surface area contributed by atoms with Crippen LogP contribution in [0.2, 0.25) is 0 Å². The van der Waals surface area contributed by atoms with E-state index in [4.69, 9.17) is 10.8 Å². The Balaban J connectivity index is 1.98. The minimum Gasteiger partial charge on any atom is -0.396 e. The molecule has 0 spiro atoms. The highest BCUT2D eigenvalue weighted by Gasteiger charge is 2.40.